The third-order valence-electron chi connectivity index (χ3n) is 3.79. The first-order valence-corrected chi connectivity index (χ1v) is 8.55. The SMILES string of the molecule is CCNC(=NCCc1ccco1)N(C)Cc1cn(C)nc1C(C)C.I. The highest BCUT2D eigenvalue weighted by Gasteiger charge is 2.15. The molecule has 25 heavy (non-hydrogen) atoms. The van der Waals surface area contributed by atoms with E-state index in [1.54, 1.807) is 6.26 Å². The first-order valence-electron chi connectivity index (χ1n) is 8.55. The van der Waals surface area contributed by atoms with Crippen molar-refractivity contribution in [3.05, 3.63) is 41.6 Å². The molecule has 0 atom stereocenters. The van der Waals surface area contributed by atoms with Crippen molar-refractivity contribution in [3.8, 4) is 0 Å². The van der Waals surface area contributed by atoms with Crippen molar-refractivity contribution < 1.29 is 4.42 Å². The van der Waals surface area contributed by atoms with Crippen LogP contribution >= 0.6 is 24.0 Å². The summed E-state index contributed by atoms with van der Waals surface area (Å²) >= 11 is 0. The fourth-order valence-electron chi connectivity index (χ4n) is 2.69. The predicted molar refractivity (Wildman–Crippen MR) is 113 cm³/mol. The van der Waals surface area contributed by atoms with Gasteiger partial charge in [0.1, 0.15) is 5.76 Å². The van der Waals surface area contributed by atoms with Crippen LogP contribution in [0.15, 0.2) is 34.0 Å². The first kappa shape index (κ1) is 21.5. The van der Waals surface area contributed by atoms with E-state index in [2.05, 4.69) is 49.3 Å². The molecular weight excluding hydrogens is 429 g/mol. The van der Waals surface area contributed by atoms with E-state index in [1.807, 2.05) is 23.9 Å². The van der Waals surface area contributed by atoms with Crippen LogP contribution in [0.5, 0.6) is 0 Å². The van der Waals surface area contributed by atoms with E-state index in [0.29, 0.717) is 12.5 Å². The number of aryl methyl sites for hydroxylation is 1. The standard InChI is InChI=1S/C18H29N5O.HI/c1-6-19-18(20-10-9-16-8-7-11-24-16)22(4)12-15-13-23(5)21-17(15)14(2)3;/h7-8,11,13-14H,6,9-10,12H2,1-5H3,(H,19,20);1H. The fraction of sp³-hybridized carbons (Fsp3) is 0.556. The van der Waals surface area contributed by atoms with E-state index in [4.69, 9.17) is 9.41 Å². The van der Waals surface area contributed by atoms with Crippen molar-refractivity contribution in [2.24, 2.45) is 12.0 Å². The average molecular weight is 459 g/mol. The monoisotopic (exact) mass is 459 g/mol. The zero-order valence-electron chi connectivity index (χ0n) is 15.8. The van der Waals surface area contributed by atoms with Crippen molar-refractivity contribution in [1.29, 1.82) is 0 Å². The molecule has 2 rings (SSSR count). The highest BCUT2D eigenvalue weighted by atomic mass is 127. The summed E-state index contributed by atoms with van der Waals surface area (Å²) in [4.78, 5) is 6.86. The van der Waals surface area contributed by atoms with Gasteiger partial charge in [0.2, 0.25) is 0 Å². The topological polar surface area (TPSA) is 58.6 Å². The Bertz CT molecular complexity index is 648. The molecule has 0 aliphatic heterocycles. The summed E-state index contributed by atoms with van der Waals surface area (Å²) in [5, 5.41) is 7.94. The van der Waals surface area contributed by atoms with E-state index in [1.165, 1.54) is 5.56 Å². The summed E-state index contributed by atoms with van der Waals surface area (Å²) in [6.45, 7) is 8.76. The minimum atomic E-state index is 0. The maximum atomic E-state index is 5.36. The predicted octanol–water partition coefficient (Wildman–Crippen LogP) is 3.39. The number of hydrogen-bond acceptors (Lipinski definition) is 3. The molecule has 6 nitrogen and oxygen atoms in total. The van der Waals surface area contributed by atoms with Crippen LogP contribution < -0.4 is 5.32 Å². The molecule has 2 heterocycles. The van der Waals surface area contributed by atoms with Gasteiger partial charge >= 0.3 is 0 Å². The molecule has 0 fully saturated rings. The van der Waals surface area contributed by atoms with E-state index < -0.39 is 0 Å². The van der Waals surface area contributed by atoms with Gasteiger partial charge in [0.25, 0.3) is 0 Å². The normalized spacial score (nSPS) is 11.5. The van der Waals surface area contributed by atoms with E-state index >= 15 is 0 Å². The maximum Gasteiger partial charge on any atom is 0.193 e. The third-order valence-corrected chi connectivity index (χ3v) is 3.79. The number of guanidine groups is 1. The van der Waals surface area contributed by atoms with E-state index in [0.717, 1.165) is 36.9 Å². The molecule has 0 aliphatic rings. The van der Waals surface area contributed by atoms with E-state index in [9.17, 15) is 0 Å². The molecule has 0 amide bonds. The van der Waals surface area contributed by atoms with Gasteiger partial charge in [-0.15, -0.1) is 24.0 Å². The molecule has 0 aliphatic carbocycles. The Labute approximate surface area is 167 Å². The third kappa shape index (κ3) is 6.37. The van der Waals surface area contributed by atoms with Crippen molar-refractivity contribution in [3.63, 3.8) is 0 Å². The van der Waals surface area contributed by atoms with Gasteiger partial charge in [-0.1, -0.05) is 13.8 Å². The van der Waals surface area contributed by atoms with Gasteiger partial charge in [0, 0.05) is 51.9 Å². The summed E-state index contributed by atoms with van der Waals surface area (Å²) in [5.74, 6) is 2.28. The van der Waals surface area contributed by atoms with Crippen LogP contribution in [0.4, 0.5) is 0 Å². The lowest BCUT2D eigenvalue weighted by Crippen LogP contribution is -2.38. The second-order valence-electron chi connectivity index (χ2n) is 6.29. The number of rotatable bonds is 7. The zero-order valence-corrected chi connectivity index (χ0v) is 18.2. The molecule has 140 valence electrons. The largest absolute Gasteiger partial charge is 0.469 e. The number of nitrogens with one attached hydrogen (secondary N) is 1. The van der Waals surface area contributed by atoms with Gasteiger partial charge < -0.3 is 14.6 Å². The number of aromatic nitrogens is 2. The Morgan fingerprint density at radius 2 is 2.20 bits per heavy atom. The summed E-state index contributed by atoms with van der Waals surface area (Å²) in [6.07, 6.45) is 4.60. The van der Waals surface area contributed by atoms with Crippen molar-refractivity contribution in [2.45, 2.75) is 39.7 Å². The Balaban J connectivity index is 0.00000312. The van der Waals surface area contributed by atoms with Crippen LogP contribution in [0.2, 0.25) is 0 Å². The molecule has 0 unspecified atom stereocenters. The molecule has 0 bridgehead atoms. The Kier molecular flexibility index (Phi) is 9.02. The number of furan rings is 1. The maximum absolute atomic E-state index is 5.36. The van der Waals surface area contributed by atoms with Crippen LogP contribution in [0.25, 0.3) is 0 Å². The summed E-state index contributed by atoms with van der Waals surface area (Å²) in [7, 11) is 4.03. The van der Waals surface area contributed by atoms with Gasteiger partial charge in [-0.3, -0.25) is 9.67 Å². The quantitative estimate of drug-likeness (QED) is 0.392. The van der Waals surface area contributed by atoms with Crippen LogP contribution in [0.1, 0.15) is 43.7 Å². The molecule has 0 saturated carbocycles. The molecule has 2 aromatic heterocycles. The molecule has 7 heteroatoms. The van der Waals surface area contributed by atoms with Crippen LogP contribution in [-0.4, -0.2) is 40.8 Å². The van der Waals surface area contributed by atoms with Gasteiger partial charge in [-0.05, 0) is 25.0 Å². The van der Waals surface area contributed by atoms with Gasteiger partial charge in [-0.25, -0.2) is 0 Å². The number of halogens is 1. The van der Waals surface area contributed by atoms with E-state index in [-0.39, 0.29) is 24.0 Å². The Hall–Kier alpha value is -1.51. The lowest BCUT2D eigenvalue weighted by molar-refractivity contribution is 0.471. The fourth-order valence-corrected chi connectivity index (χ4v) is 2.69. The average Bonchev–Trinajstić information content (AvgIpc) is 3.16. The first-order chi connectivity index (χ1) is 11.5. The summed E-state index contributed by atoms with van der Waals surface area (Å²) in [5.41, 5.74) is 2.39. The molecule has 2 aromatic rings. The van der Waals surface area contributed by atoms with Crippen molar-refractivity contribution in [2.75, 3.05) is 20.1 Å². The molecular formula is C18H30IN5O. The molecule has 1 N–H and O–H groups in total. The number of nitrogens with zero attached hydrogens (tertiary/aromatic N) is 4. The second-order valence-corrected chi connectivity index (χ2v) is 6.29. The van der Waals surface area contributed by atoms with Gasteiger partial charge in [0.15, 0.2) is 5.96 Å². The highest BCUT2D eigenvalue weighted by Crippen LogP contribution is 2.18. The van der Waals surface area contributed by atoms with Gasteiger partial charge in [0.05, 0.1) is 12.0 Å². The highest BCUT2D eigenvalue weighted by molar-refractivity contribution is 14.0. The zero-order chi connectivity index (χ0) is 17.5. The lowest BCUT2D eigenvalue weighted by atomic mass is 10.1. The second kappa shape index (κ2) is 10.5. The van der Waals surface area contributed by atoms with Crippen molar-refractivity contribution in [1.82, 2.24) is 20.0 Å². The smallest absolute Gasteiger partial charge is 0.193 e. The van der Waals surface area contributed by atoms with Gasteiger partial charge in [-0.2, -0.15) is 5.10 Å². The minimum Gasteiger partial charge on any atom is -0.469 e. The molecule has 0 radical (unpaired) electrons. The van der Waals surface area contributed by atoms with Crippen LogP contribution in [0, 0.1) is 0 Å². The molecule has 0 aromatic carbocycles. The lowest BCUT2D eigenvalue weighted by Gasteiger charge is -2.22. The Morgan fingerprint density at radius 1 is 1.44 bits per heavy atom. The number of aliphatic imine (C=N–C) groups is 1. The Morgan fingerprint density at radius 3 is 2.80 bits per heavy atom. The molecule has 0 spiro atoms. The summed E-state index contributed by atoms with van der Waals surface area (Å²) in [6, 6.07) is 3.89. The summed E-state index contributed by atoms with van der Waals surface area (Å²) < 4.78 is 7.25. The number of hydrogen-bond donors (Lipinski definition) is 1. The van der Waals surface area contributed by atoms with Crippen LogP contribution in [0.3, 0.4) is 0 Å². The molecule has 0 saturated heterocycles. The van der Waals surface area contributed by atoms with Crippen LogP contribution in [-0.2, 0) is 20.0 Å². The minimum absolute atomic E-state index is 0. The van der Waals surface area contributed by atoms with Crippen molar-refractivity contribution >= 4 is 29.9 Å².